The van der Waals surface area contributed by atoms with Crippen LogP contribution in [0.3, 0.4) is 0 Å². The number of nitrogens with one attached hydrogen (secondary N) is 1. The van der Waals surface area contributed by atoms with Crippen LogP contribution in [-0.2, 0) is 22.3 Å². The molecule has 10 nitrogen and oxygen atoms in total. The molecule has 2 aromatic carbocycles. The van der Waals surface area contributed by atoms with E-state index in [-0.39, 0.29) is 5.69 Å². The number of alkyl halides is 3. The number of carbonyl (C=O) groups is 3. The monoisotopic (exact) mass is 493 g/mol. The van der Waals surface area contributed by atoms with Gasteiger partial charge in [-0.15, -0.1) is 0 Å². The standard InChI is InChI=1S/C21H15F4N5O5/c22-15-3-1-2-11(16(15)21(23,24)25)8-29-17(31)14(18(32)33)9-28(20(29)35)12-4-6-13(7-5-12)30-10-26-27-19(30)34/h1-7,10,14H,8-9H2,(H,27,34)(H,32,33). The maximum atomic E-state index is 14.0. The zero-order valence-corrected chi connectivity index (χ0v) is 17.5. The molecule has 1 aromatic heterocycles. The highest BCUT2D eigenvalue weighted by atomic mass is 19.4. The normalized spacial score (nSPS) is 16.6. The summed E-state index contributed by atoms with van der Waals surface area (Å²) in [5.74, 6) is -6.18. The smallest absolute Gasteiger partial charge is 0.419 e. The molecule has 3 aromatic rings. The number of hydrogen-bond acceptors (Lipinski definition) is 5. The lowest BCUT2D eigenvalue weighted by Gasteiger charge is -2.37. The Kier molecular flexibility index (Phi) is 5.88. The Morgan fingerprint density at radius 2 is 1.74 bits per heavy atom. The van der Waals surface area contributed by atoms with Crippen LogP contribution in [0.1, 0.15) is 11.1 Å². The van der Waals surface area contributed by atoms with Gasteiger partial charge in [0.15, 0.2) is 5.92 Å². The first-order chi connectivity index (χ1) is 16.5. The zero-order valence-electron chi connectivity index (χ0n) is 17.5. The van der Waals surface area contributed by atoms with Gasteiger partial charge in [0.05, 0.1) is 17.8 Å². The number of aliphatic carboxylic acids is 1. The van der Waals surface area contributed by atoms with Crippen LogP contribution in [0.5, 0.6) is 0 Å². The molecule has 0 radical (unpaired) electrons. The molecule has 0 spiro atoms. The van der Waals surface area contributed by atoms with Gasteiger partial charge in [-0.25, -0.2) is 23.6 Å². The van der Waals surface area contributed by atoms with Crippen molar-refractivity contribution in [2.45, 2.75) is 12.7 Å². The van der Waals surface area contributed by atoms with Gasteiger partial charge >= 0.3 is 23.9 Å². The van der Waals surface area contributed by atoms with E-state index < -0.39 is 65.7 Å². The number of carboxylic acids is 1. The van der Waals surface area contributed by atoms with Crippen molar-refractivity contribution in [2.75, 3.05) is 11.4 Å². The highest BCUT2D eigenvalue weighted by molar-refractivity contribution is 6.12. The minimum atomic E-state index is -5.12. The second kappa shape index (κ2) is 8.70. The highest BCUT2D eigenvalue weighted by Gasteiger charge is 2.45. The Morgan fingerprint density at radius 1 is 1.09 bits per heavy atom. The van der Waals surface area contributed by atoms with Crippen LogP contribution in [0.4, 0.5) is 28.0 Å². The van der Waals surface area contributed by atoms with E-state index >= 15 is 0 Å². The van der Waals surface area contributed by atoms with Gasteiger partial charge in [-0.1, -0.05) is 12.1 Å². The van der Waals surface area contributed by atoms with Crippen molar-refractivity contribution in [3.8, 4) is 5.69 Å². The minimum Gasteiger partial charge on any atom is -0.481 e. The maximum absolute atomic E-state index is 14.0. The molecule has 1 saturated heterocycles. The number of benzene rings is 2. The topological polar surface area (TPSA) is 129 Å². The Balaban J connectivity index is 1.70. The molecule has 2 N–H and O–H groups in total. The second-order valence-electron chi connectivity index (χ2n) is 7.53. The third-order valence-electron chi connectivity index (χ3n) is 5.39. The number of nitrogens with zero attached hydrogens (tertiary/aromatic N) is 4. The summed E-state index contributed by atoms with van der Waals surface area (Å²) >= 11 is 0. The van der Waals surface area contributed by atoms with Crippen LogP contribution in [-0.4, -0.2) is 49.2 Å². The molecule has 1 aliphatic heterocycles. The van der Waals surface area contributed by atoms with Crippen molar-refractivity contribution in [1.29, 1.82) is 0 Å². The predicted molar refractivity (Wildman–Crippen MR) is 110 cm³/mol. The molecule has 35 heavy (non-hydrogen) atoms. The zero-order chi connectivity index (χ0) is 25.5. The molecule has 182 valence electrons. The van der Waals surface area contributed by atoms with Gasteiger partial charge in [-0.3, -0.25) is 19.4 Å². The van der Waals surface area contributed by atoms with E-state index in [1.165, 1.54) is 30.6 Å². The summed E-state index contributed by atoms with van der Waals surface area (Å²) in [4.78, 5) is 50.5. The number of rotatable bonds is 5. The number of aromatic amines is 1. The van der Waals surface area contributed by atoms with E-state index in [0.717, 1.165) is 21.6 Å². The fourth-order valence-corrected chi connectivity index (χ4v) is 3.73. The van der Waals surface area contributed by atoms with Crippen LogP contribution >= 0.6 is 0 Å². The molecule has 3 amide bonds. The Morgan fingerprint density at radius 3 is 2.31 bits per heavy atom. The molecule has 1 unspecified atom stereocenters. The van der Waals surface area contributed by atoms with E-state index in [0.29, 0.717) is 16.7 Å². The van der Waals surface area contributed by atoms with Crippen molar-refractivity contribution < 1.29 is 37.1 Å². The molecule has 0 aliphatic carbocycles. The molecule has 1 fully saturated rings. The van der Waals surface area contributed by atoms with Gasteiger partial charge in [-0.05, 0) is 35.9 Å². The average Bonchev–Trinajstić information content (AvgIpc) is 3.21. The van der Waals surface area contributed by atoms with Crippen molar-refractivity contribution in [3.05, 3.63) is 76.2 Å². The lowest BCUT2D eigenvalue weighted by Crippen LogP contribution is -2.58. The quantitative estimate of drug-likeness (QED) is 0.415. The van der Waals surface area contributed by atoms with Gasteiger partial charge in [-0.2, -0.15) is 18.3 Å². The number of halogens is 4. The molecule has 0 saturated carbocycles. The molecule has 1 aliphatic rings. The van der Waals surface area contributed by atoms with Crippen LogP contribution in [0.2, 0.25) is 0 Å². The van der Waals surface area contributed by atoms with E-state index in [2.05, 4.69) is 10.2 Å². The average molecular weight is 493 g/mol. The van der Waals surface area contributed by atoms with Gasteiger partial charge in [0, 0.05) is 12.2 Å². The highest BCUT2D eigenvalue weighted by Crippen LogP contribution is 2.35. The Bertz CT molecular complexity index is 1370. The summed E-state index contributed by atoms with van der Waals surface area (Å²) in [6, 6.07) is 6.96. The van der Waals surface area contributed by atoms with Gasteiger partial charge in [0.1, 0.15) is 12.1 Å². The molecule has 14 heteroatoms. The van der Waals surface area contributed by atoms with E-state index in [1.807, 2.05) is 0 Å². The first-order valence-electron chi connectivity index (χ1n) is 9.91. The fourth-order valence-electron chi connectivity index (χ4n) is 3.73. The number of amides is 3. The van der Waals surface area contributed by atoms with Crippen molar-refractivity contribution in [3.63, 3.8) is 0 Å². The Labute approximate surface area is 193 Å². The van der Waals surface area contributed by atoms with Gasteiger partial charge in [0.25, 0.3) is 0 Å². The summed E-state index contributed by atoms with van der Waals surface area (Å²) in [7, 11) is 0. The van der Waals surface area contributed by atoms with Crippen LogP contribution in [0.15, 0.2) is 53.6 Å². The number of carbonyl (C=O) groups excluding carboxylic acids is 2. The van der Waals surface area contributed by atoms with Crippen LogP contribution < -0.4 is 10.6 Å². The fraction of sp³-hybridized carbons (Fsp3) is 0.190. The molecule has 4 rings (SSSR count). The molecule has 0 bridgehead atoms. The molecule has 1 atom stereocenters. The number of carboxylic acid groups (broad SMARTS) is 1. The van der Waals surface area contributed by atoms with Crippen molar-refractivity contribution in [1.82, 2.24) is 19.7 Å². The Hall–Kier alpha value is -4.49. The number of anilines is 1. The van der Waals surface area contributed by atoms with Crippen LogP contribution in [0, 0.1) is 11.7 Å². The van der Waals surface area contributed by atoms with E-state index in [9.17, 15) is 41.8 Å². The number of aromatic nitrogens is 3. The number of hydrogen-bond donors (Lipinski definition) is 2. The van der Waals surface area contributed by atoms with Gasteiger partial charge in [0.2, 0.25) is 5.91 Å². The number of urea groups is 1. The summed E-state index contributed by atoms with van der Waals surface area (Å²) < 4.78 is 55.4. The molecule has 2 heterocycles. The van der Waals surface area contributed by atoms with Crippen LogP contribution in [0.25, 0.3) is 5.69 Å². The third kappa shape index (κ3) is 4.37. The molecular weight excluding hydrogens is 478 g/mol. The largest absolute Gasteiger partial charge is 0.481 e. The second-order valence-corrected chi connectivity index (χ2v) is 7.53. The van der Waals surface area contributed by atoms with Crippen molar-refractivity contribution in [2.24, 2.45) is 5.92 Å². The SMILES string of the molecule is O=C(O)C1CN(c2ccc(-n3cn[nH]c3=O)cc2)C(=O)N(Cc2cccc(F)c2C(F)(F)F)C1=O. The lowest BCUT2D eigenvalue weighted by atomic mass is 10.0. The number of imide groups is 1. The minimum absolute atomic E-state index is 0.120. The first-order valence-corrected chi connectivity index (χ1v) is 9.91. The van der Waals surface area contributed by atoms with Crippen molar-refractivity contribution >= 4 is 23.6 Å². The third-order valence-corrected chi connectivity index (χ3v) is 5.39. The predicted octanol–water partition coefficient (Wildman–Crippen LogP) is 2.39. The maximum Gasteiger partial charge on any atom is 0.419 e. The number of H-pyrrole nitrogens is 1. The summed E-state index contributed by atoms with van der Waals surface area (Å²) in [6.07, 6.45) is -3.91. The summed E-state index contributed by atoms with van der Waals surface area (Å²) in [5, 5.41) is 15.3. The van der Waals surface area contributed by atoms with E-state index in [4.69, 9.17) is 0 Å². The molecular formula is C21H15F4N5O5. The first kappa shape index (κ1) is 23.7. The lowest BCUT2D eigenvalue weighted by molar-refractivity contribution is -0.151. The summed E-state index contributed by atoms with van der Waals surface area (Å²) in [5.41, 5.74) is -2.42. The van der Waals surface area contributed by atoms with E-state index in [1.54, 1.807) is 0 Å². The van der Waals surface area contributed by atoms with Gasteiger partial charge < -0.3 is 5.11 Å². The summed E-state index contributed by atoms with van der Waals surface area (Å²) in [6.45, 7) is -1.57.